The number of rotatable bonds is 8. The van der Waals surface area contributed by atoms with Crippen molar-refractivity contribution >= 4 is 46.8 Å². The van der Waals surface area contributed by atoms with E-state index in [1.807, 2.05) is 31.2 Å². The molecule has 0 saturated carbocycles. The summed E-state index contributed by atoms with van der Waals surface area (Å²) in [4.78, 5) is 36.2. The molecule has 36 heavy (non-hydrogen) atoms. The highest BCUT2D eigenvalue weighted by molar-refractivity contribution is 6.32. The zero-order valence-electron chi connectivity index (χ0n) is 19.5. The van der Waals surface area contributed by atoms with Crippen LogP contribution in [0.4, 0.5) is 11.4 Å². The Bertz CT molecular complexity index is 1360. The van der Waals surface area contributed by atoms with Crippen LogP contribution < -0.4 is 15.4 Å². The summed E-state index contributed by atoms with van der Waals surface area (Å²) in [5.41, 5.74) is 2.74. The molecular formula is C27H22ClN3O5. The van der Waals surface area contributed by atoms with Crippen molar-refractivity contribution < 1.29 is 23.9 Å². The zero-order valence-corrected chi connectivity index (χ0v) is 20.3. The van der Waals surface area contributed by atoms with Crippen molar-refractivity contribution in [2.75, 3.05) is 24.4 Å². The van der Waals surface area contributed by atoms with E-state index < -0.39 is 11.9 Å². The van der Waals surface area contributed by atoms with E-state index >= 15 is 0 Å². The Hall–Kier alpha value is -4.61. The molecular weight excluding hydrogens is 482 g/mol. The Kier molecular flexibility index (Phi) is 8.81. The number of nitrogens with one attached hydrogen (secondary N) is 2. The van der Waals surface area contributed by atoms with E-state index in [1.54, 1.807) is 18.2 Å². The maximum Gasteiger partial charge on any atom is 0.337 e. The molecule has 3 aromatic rings. The average molecular weight is 504 g/mol. The number of methoxy groups -OCH3 is 1. The number of nitrogens with zero attached hydrogens (tertiary/aromatic N) is 1. The van der Waals surface area contributed by atoms with Gasteiger partial charge >= 0.3 is 5.97 Å². The number of nitriles is 1. The van der Waals surface area contributed by atoms with Gasteiger partial charge in [0.1, 0.15) is 17.4 Å². The summed E-state index contributed by atoms with van der Waals surface area (Å²) in [6.07, 6.45) is 1.37. The molecule has 0 radical (unpaired) electrons. The topological polar surface area (TPSA) is 118 Å². The Morgan fingerprint density at radius 1 is 1.00 bits per heavy atom. The predicted molar refractivity (Wildman–Crippen MR) is 137 cm³/mol. The Morgan fingerprint density at radius 2 is 1.75 bits per heavy atom. The van der Waals surface area contributed by atoms with Crippen LogP contribution in [0.5, 0.6) is 5.75 Å². The van der Waals surface area contributed by atoms with E-state index in [4.69, 9.17) is 16.3 Å². The quantitative estimate of drug-likeness (QED) is 0.254. The van der Waals surface area contributed by atoms with Gasteiger partial charge in [0.05, 0.1) is 17.7 Å². The molecule has 0 fully saturated rings. The number of halogens is 1. The van der Waals surface area contributed by atoms with Crippen molar-refractivity contribution in [1.82, 2.24) is 0 Å². The van der Waals surface area contributed by atoms with Gasteiger partial charge in [-0.3, -0.25) is 9.59 Å². The molecule has 0 saturated heterocycles. The van der Waals surface area contributed by atoms with E-state index in [1.165, 1.54) is 43.5 Å². The van der Waals surface area contributed by atoms with Crippen LogP contribution in [0.25, 0.3) is 6.08 Å². The minimum Gasteiger partial charge on any atom is -0.482 e. The van der Waals surface area contributed by atoms with Gasteiger partial charge in [-0.15, -0.1) is 0 Å². The monoisotopic (exact) mass is 503 g/mol. The predicted octanol–water partition coefficient (Wildman–Crippen LogP) is 5.00. The molecule has 3 rings (SSSR count). The lowest BCUT2D eigenvalue weighted by molar-refractivity contribution is -0.118. The van der Waals surface area contributed by atoms with Crippen LogP contribution in [0.15, 0.2) is 72.3 Å². The summed E-state index contributed by atoms with van der Waals surface area (Å²) in [7, 11) is 1.27. The minimum atomic E-state index is -0.632. The molecule has 0 spiro atoms. The molecule has 182 valence electrons. The molecule has 0 unspecified atom stereocenters. The van der Waals surface area contributed by atoms with E-state index in [9.17, 15) is 19.6 Å². The Labute approximate surface area is 213 Å². The summed E-state index contributed by atoms with van der Waals surface area (Å²) in [6.45, 7) is 1.68. The first-order valence-electron chi connectivity index (χ1n) is 10.7. The van der Waals surface area contributed by atoms with Gasteiger partial charge in [-0.1, -0.05) is 29.8 Å². The van der Waals surface area contributed by atoms with Crippen LogP contribution in [-0.4, -0.2) is 31.5 Å². The van der Waals surface area contributed by atoms with Gasteiger partial charge in [0.2, 0.25) is 0 Å². The molecule has 0 aliphatic rings. The molecule has 0 aliphatic heterocycles. The lowest BCUT2D eigenvalue weighted by Gasteiger charge is -2.10. The van der Waals surface area contributed by atoms with Gasteiger partial charge in [-0.05, 0) is 72.7 Å². The first kappa shape index (κ1) is 26.0. The number of esters is 1. The second kappa shape index (κ2) is 12.2. The fourth-order valence-electron chi connectivity index (χ4n) is 3.11. The molecule has 8 nitrogen and oxygen atoms in total. The van der Waals surface area contributed by atoms with Crippen LogP contribution in [0.2, 0.25) is 5.02 Å². The van der Waals surface area contributed by atoms with E-state index in [0.717, 1.165) is 5.56 Å². The minimum absolute atomic E-state index is 0.158. The van der Waals surface area contributed by atoms with Crippen molar-refractivity contribution in [2.24, 2.45) is 0 Å². The maximum absolute atomic E-state index is 12.5. The summed E-state index contributed by atoms with van der Waals surface area (Å²) >= 11 is 6.27. The van der Waals surface area contributed by atoms with E-state index in [-0.39, 0.29) is 28.9 Å². The number of hydrogen-bond donors (Lipinski definition) is 2. The summed E-state index contributed by atoms with van der Waals surface area (Å²) in [6, 6.07) is 20.0. The van der Waals surface area contributed by atoms with Crippen molar-refractivity contribution in [1.29, 1.82) is 5.26 Å². The number of hydrogen-bond acceptors (Lipinski definition) is 6. The van der Waals surface area contributed by atoms with Crippen molar-refractivity contribution in [2.45, 2.75) is 6.92 Å². The van der Waals surface area contributed by atoms with Gasteiger partial charge in [0.25, 0.3) is 11.8 Å². The normalized spacial score (nSPS) is 10.7. The van der Waals surface area contributed by atoms with Crippen molar-refractivity contribution in [3.63, 3.8) is 0 Å². The molecule has 3 aromatic carbocycles. The van der Waals surface area contributed by atoms with E-state index in [2.05, 4.69) is 15.4 Å². The number of ether oxygens (including phenoxy) is 2. The SMILES string of the molecule is COC(=O)c1ccc(NC(=O)/C(C#N)=C/c2ccc(OCC(=O)Nc3cccc(C)c3)c(Cl)c2)cc1. The summed E-state index contributed by atoms with van der Waals surface area (Å²) in [5.74, 6) is -1.19. The molecule has 9 heteroatoms. The Balaban J connectivity index is 1.62. The third kappa shape index (κ3) is 7.19. The molecule has 0 heterocycles. The van der Waals surface area contributed by atoms with Crippen LogP contribution in [-0.2, 0) is 14.3 Å². The standard InChI is InChI=1S/C27H22ClN3O5/c1-17-4-3-5-22(12-17)30-25(32)16-36-24-11-6-18(14-23(24)28)13-20(15-29)26(33)31-21-9-7-19(8-10-21)27(34)35-2/h3-14H,16H2,1-2H3,(H,30,32)(H,31,33)/b20-13+. The molecule has 2 amide bonds. The fraction of sp³-hybridized carbons (Fsp3) is 0.111. The van der Waals surface area contributed by atoms with Crippen molar-refractivity contribution in [3.8, 4) is 11.8 Å². The lowest BCUT2D eigenvalue weighted by atomic mass is 10.1. The van der Waals surface area contributed by atoms with Gasteiger partial charge < -0.3 is 20.1 Å². The van der Waals surface area contributed by atoms with Gasteiger partial charge in [0.15, 0.2) is 6.61 Å². The molecule has 0 aliphatic carbocycles. The first-order chi connectivity index (χ1) is 17.3. The summed E-state index contributed by atoms with van der Waals surface area (Å²) < 4.78 is 10.1. The summed E-state index contributed by atoms with van der Waals surface area (Å²) in [5, 5.41) is 15.0. The first-order valence-corrected chi connectivity index (χ1v) is 11.1. The fourth-order valence-corrected chi connectivity index (χ4v) is 3.35. The molecule has 0 aromatic heterocycles. The third-order valence-electron chi connectivity index (χ3n) is 4.86. The second-order valence-corrected chi connectivity index (χ2v) is 8.00. The number of aryl methyl sites for hydroxylation is 1. The highest BCUT2D eigenvalue weighted by Gasteiger charge is 2.12. The number of anilines is 2. The smallest absolute Gasteiger partial charge is 0.337 e. The number of carbonyl (C=O) groups is 3. The van der Waals surface area contributed by atoms with E-state index in [0.29, 0.717) is 22.5 Å². The highest BCUT2D eigenvalue weighted by atomic mass is 35.5. The molecule has 0 atom stereocenters. The molecule has 2 N–H and O–H groups in total. The maximum atomic E-state index is 12.5. The van der Waals surface area contributed by atoms with Crippen molar-refractivity contribution in [3.05, 3.63) is 94.0 Å². The van der Waals surface area contributed by atoms with Crippen LogP contribution in [0, 0.1) is 18.3 Å². The van der Waals surface area contributed by atoms with Crippen LogP contribution in [0.1, 0.15) is 21.5 Å². The number of amides is 2. The third-order valence-corrected chi connectivity index (χ3v) is 5.15. The zero-order chi connectivity index (χ0) is 26.1. The lowest BCUT2D eigenvalue weighted by Crippen LogP contribution is -2.20. The largest absolute Gasteiger partial charge is 0.482 e. The van der Waals surface area contributed by atoms with Crippen LogP contribution in [0.3, 0.4) is 0 Å². The second-order valence-electron chi connectivity index (χ2n) is 7.59. The van der Waals surface area contributed by atoms with Gasteiger partial charge in [-0.2, -0.15) is 5.26 Å². The molecule has 0 bridgehead atoms. The van der Waals surface area contributed by atoms with Crippen LogP contribution >= 0.6 is 11.6 Å². The Morgan fingerprint density at radius 3 is 2.39 bits per heavy atom. The van der Waals surface area contributed by atoms with Gasteiger partial charge in [-0.25, -0.2) is 4.79 Å². The number of benzene rings is 3. The average Bonchev–Trinajstić information content (AvgIpc) is 2.86. The highest BCUT2D eigenvalue weighted by Crippen LogP contribution is 2.26. The number of carbonyl (C=O) groups excluding carboxylic acids is 3. The van der Waals surface area contributed by atoms with Gasteiger partial charge in [0, 0.05) is 11.4 Å².